The zero-order chi connectivity index (χ0) is 91.6. The van der Waals surface area contributed by atoms with Gasteiger partial charge < -0.3 is 52.8 Å². The summed E-state index contributed by atoms with van der Waals surface area (Å²) in [5, 5.41) is 18.0. The standard InChI is InChI=1S/C32H34O3.C23H30O2.C22H32O2.C20H32O2.2C10H14O/c1-4-24(2)26-18-20-29(21-19-26)35-25(3)33-22-23-34-32-30(27-12-7-5-8-13-27)16-11-17-31(32)28-14-9-6-10-15-28;1-3-18(2)20-13-15-22(16-14-20)25-23(21-11-7-8-12-21)24-17-19-9-5-4-6-10-19;1-6-16(4)18-8-11-20(12-9-18)24-21(23-15(2)3)22(5)14-17-7-10-19(22)13-17;1-4-16(2)19-10-12-20(13-11-19)22-17(3)21-15-14-18-8-6-5-7-9-18;2*1-3-8(2)9-4-6-10(11)7-5-9/h5-21,24-25H,4,22-23H2,1-3H3;4-6,9-10,13-16,18,21,23H,3,7-8,11-12,17H2,1-2H3;7-12,15-17,19,21H,6,13-14H2,1-5H3;10-13,16-18H,4-9,14-15H2,1-3H3;2*4-8,11H,3H2,1-2H3. The number of ether oxygens (including phenoxy) is 9. The van der Waals surface area contributed by atoms with E-state index in [1.807, 2.05) is 92.7 Å². The van der Waals surface area contributed by atoms with Gasteiger partial charge in [0.05, 0.1) is 25.9 Å². The minimum absolute atomic E-state index is 0.0685. The number of phenols is 2. The molecular weight excluding hydrogens is 1580 g/mol. The Balaban J connectivity index is 0.000000180. The van der Waals surface area contributed by atoms with Gasteiger partial charge in [-0.25, -0.2) is 0 Å². The molecule has 0 saturated heterocycles. The van der Waals surface area contributed by atoms with Crippen LogP contribution in [-0.2, 0) is 25.6 Å². The zero-order valence-electron chi connectivity index (χ0n) is 80.7. The van der Waals surface area contributed by atoms with Gasteiger partial charge >= 0.3 is 0 Å². The van der Waals surface area contributed by atoms with E-state index in [2.05, 4.69) is 268 Å². The first-order valence-corrected chi connectivity index (χ1v) is 48.7. The molecule has 14 rings (SSSR count). The van der Waals surface area contributed by atoms with E-state index in [1.165, 1.54) is 116 Å². The Bertz CT molecular complexity index is 4530. The van der Waals surface area contributed by atoms with Gasteiger partial charge in [-0.3, -0.25) is 0 Å². The van der Waals surface area contributed by atoms with E-state index in [1.54, 1.807) is 24.3 Å². The van der Waals surface area contributed by atoms with Crippen LogP contribution in [0.5, 0.6) is 40.2 Å². The largest absolute Gasteiger partial charge is 0.508 e. The first-order valence-electron chi connectivity index (χ1n) is 48.7. The molecule has 4 aliphatic rings. The Morgan fingerprint density at radius 2 is 0.727 bits per heavy atom. The third kappa shape index (κ3) is 33.4. The molecule has 0 radical (unpaired) electrons. The van der Waals surface area contributed by atoms with Gasteiger partial charge in [0.25, 0.3) is 0 Å². The molecule has 690 valence electrons. The fourth-order valence-electron chi connectivity index (χ4n) is 17.1. The number of rotatable bonds is 38. The summed E-state index contributed by atoms with van der Waals surface area (Å²) in [4.78, 5) is 0. The number of para-hydroxylation sites is 1. The van der Waals surface area contributed by atoms with Crippen LogP contribution < -0.4 is 23.7 Å². The lowest BCUT2D eigenvalue weighted by atomic mass is 9.77. The van der Waals surface area contributed by atoms with E-state index < -0.39 is 0 Å². The molecule has 10 aromatic rings. The van der Waals surface area contributed by atoms with Crippen LogP contribution in [0.15, 0.2) is 267 Å². The fourth-order valence-corrected chi connectivity index (χ4v) is 17.1. The second-order valence-electron chi connectivity index (χ2n) is 36.6. The molecule has 13 atom stereocenters. The summed E-state index contributed by atoms with van der Waals surface area (Å²) < 4.78 is 55.0. The van der Waals surface area contributed by atoms with Crippen molar-refractivity contribution < 1.29 is 52.8 Å². The van der Waals surface area contributed by atoms with Crippen LogP contribution in [-0.4, -0.2) is 61.3 Å². The predicted molar refractivity (Wildman–Crippen MR) is 532 cm³/mol. The van der Waals surface area contributed by atoms with Crippen molar-refractivity contribution in [2.24, 2.45) is 29.1 Å². The number of benzene rings is 10. The summed E-state index contributed by atoms with van der Waals surface area (Å²) in [6.07, 6.45) is 26.5. The van der Waals surface area contributed by atoms with E-state index in [9.17, 15) is 0 Å². The van der Waals surface area contributed by atoms with Gasteiger partial charge in [0.15, 0.2) is 12.6 Å². The molecular formula is C117H156O11. The first-order chi connectivity index (χ1) is 62.0. The molecule has 0 aromatic heterocycles. The summed E-state index contributed by atoms with van der Waals surface area (Å²) in [5.41, 5.74) is 13.7. The lowest BCUT2D eigenvalue weighted by Gasteiger charge is -2.39. The van der Waals surface area contributed by atoms with Crippen molar-refractivity contribution in [2.75, 3.05) is 19.8 Å². The molecule has 13 unspecified atom stereocenters. The average molecular weight is 1740 g/mol. The van der Waals surface area contributed by atoms with Crippen molar-refractivity contribution in [2.45, 2.75) is 307 Å². The van der Waals surface area contributed by atoms with E-state index >= 15 is 0 Å². The Morgan fingerprint density at radius 3 is 1.10 bits per heavy atom. The van der Waals surface area contributed by atoms with Crippen molar-refractivity contribution in [1.82, 2.24) is 0 Å². The Labute approximate surface area is 772 Å². The molecule has 3 saturated carbocycles. The molecule has 0 heterocycles. The summed E-state index contributed by atoms with van der Waals surface area (Å²) in [6, 6.07) is 86.0. The average Bonchev–Trinajstić information content (AvgIpc) is 1.60. The van der Waals surface area contributed by atoms with E-state index in [0.717, 1.165) is 102 Å². The minimum atomic E-state index is -0.369. The summed E-state index contributed by atoms with van der Waals surface area (Å²) in [7, 11) is 0. The van der Waals surface area contributed by atoms with Crippen LogP contribution in [0, 0.1) is 29.1 Å². The molecule has 128 heavy (non-hydrogen) atoms. The number of fused-ring (bicyclic) bond motifs is 2. The molecule has 0 spiro atoms. The monoisotopic (exact) mass is 1740 g/mol. The van der Waals surface area contributed by atoms with Crippen LogP contribution in [0.4, 0.5) is 0 Å². The fraction of sp³-hybridized carbons (Fsp3) is 0.470. The Hall–Kier alpha value is -9.62. The van der Waals surface area contributed by atoms with Gasteiger partial charge in [0.1, 0.15) is 46.9 Å². The second kappa shape index (κ2) is 54.8. The third-order valence-corrected chi connectivity index (χ3v) is 26.7. The van der Waals surface area contributed by atoms with Gasteiger partial charge in [-0.1, -0.05) is 329 Å². The number of phenolic OH excluding ortho intramolecular Hbond substituents is 2. The highest BCUT2D eigenvalue weighted by atomic mass is 16.7. The van der Waals surface area contributed by atoms with Gasteiger partial charge in [0, 0.05) is 22.5 Å². The van der Waals surface area contributed by atoms with Gasteiger partial charge in [-0.05, 0) is 274 Å². The number of hydrogen-bond donors (Lipinski definition) is 2. The van der Waals surface area contributed by atoms with E-state index in [-0.39, 0.29) is 36.7 Å². The van der Waals surface area contributed by atoms with Gasteiger partial charge in [-0.2, -0.15) is 0 Å². The maximum Gasteiger partial charge on any atom is 0.206 e. The van der Waals surface area contributed by atoms with Crippen molar-refractivity contribution in [3.8, 4) is 62.5 Å². The summed E-state index contributed by atoms with van der Waals surface area (Å²) >= 11 is 0. The first kappa shape index (κ1) is 102. The maximum absolute atomic E-state index is 9.01. The van der Waals surface area contributed by atoms with Crippen molar-refractivity contribution in [1.29, 1.82) is 0 Å². The highest BCUT2D eigenvalue weighted by Gasteiger charge is 2.52. The summed E-state index contributed by atoms with van der Waals surface area (Å²) in [6.45, 7) is 39.3. The summed E-state index contributed by atoms with van der Waals surface area (Å²) in [5.74, 6) is 11.3. The van der Waals surface area contributed by atoms with Crippen molar-refractivity contribution in [3.05, 3.63) is 306 Å². The molecule has 0 aliphatic heterocycles. The molecule has 2 bridgehead atoms. The molecule has 2 N–H and O–H groups in total. The number of aromatic hydroxyl groups is 2. The van der Waals surface area contributed by atoms with Gasteiger partial charge in [-0.15, -0.1) is 0 Å². The normalized spacial score (nSPS) is 18.1. The van der Waals surface area contributed by atoms with Gasteiger partial charge in [0.2, 0.25) is 12.6 Å². The SMILES string of the molecule is CCC(C)c1ccc(O)cc1.CCC(C)c1ccc(O)cc1.CCC(C)c1ccc(OC(C)OCCC2CCCCC2)cc1.CCC(C)c1ccc(OC(C)OCCOc2c(-c3ccccc3)cccc2-c2ccccc2)cc1.CCC(C)c1ccc(OC(OC(C)C)C2(C)CC3C=CC2C3)cc1.CCC(C)c1ccc(OC(OCc2ccccc2)C2CCCC2)cc1. The van der Waals surface area contributed by atoms with Crippen molar-refractivity contribution >= 4 is 0 Å². The highest BCUT2D eigenvalue weighted by molar-refractivity contribution is 5.82. The Morgan fingerprint density at radius 1 is 0.359 bits per heavy atom. The Kier molecular flexibility index (Phi) is 43.7. The van der Waals surface area contributed by atoms with E-state index in [4.69, 9.17) is 52.8 Å². The quantitative estimate of drug-likeness (QED) is 0.0218. The molecule has 3 fully saturated rings. The van der Waals surface area contributed by atoms with Crippen LogP contribution in [0.3, 0.4) is 0 Å². The third-order valence-electron chi connectivity index (χ3n) is 26.7. The predicted octanol–water partition coefficient (Wildman–Crippen LogP) is 32.3. The minimum Gasteiger partial charge on any atom is -0.508 e. The highest BCUT2D eigenvalue weighted by Crippen LogP contribution is 2.55. The topological polar surface area (TPSA) is 124 Å². The lowest BCUT2D eigenvalue weighted by molar-refractivity contribution is -0.180. The zero-order valence-corrected chi connectivity index (χ0v) is 80.7. The van der Waals surface area contributed by atoms with Crippen molar-refractivity contribution in [3.63, 3.8) is 0 Å². The van der Waals surface area contributed by atoms with E-state index in [0.29, 0.717) is 84.6 Å². The number of allylic oxidation sites excluding steroid dienone is 2. The molecule has 4 aliphatic carbocycles. The molecule has 11 nitrogen and oxygen atoms in total. The molecule has 10 aromatic carbocycles. The smallest absolute Gasteiger partial charge is 0.206 e. The van der Waals surface area contributed by atoms with Crippen LogP contribution in [0.1, 0.15) is 308 Å². The van der Waals surface area contributed by atoms with Crippen LogP contribution in [0.25, 0.3) is 22.3 Å². The lowest BCUT2D eigenvalue weighted by Crippen LogP contribution is -2.43. The number of hydrogen-bond acceptors (Lipinski definition) is 11. The molecule has 11 heteroatoms. The van der Waals surface area contributed by atoms with Crippen LogP contribution in [0.2, 0.25) is 0 Å². The second-order valence-corrected chi connectivity index (χ2v) is 36.6. The molecule has 0 amide bonds. The van der Waals surface area contributed by atoms with Crippen LogP contribution >= 0.6 is 0 Å². The maximum atomic E-state index is 9.01.